The molecule has 0 atom stereocenters. The van der Waals surface area contributed by atoms with E-state index in [0.29, 0.717) is 6.54 Å². The summed E-state index contributed by atoms with van der Waals surface area (Å²) >= 11 is 6.05. The minimum Gasteiger partial charge on any atom is -0.367 e. The Morgan fingerprint density at radius 2 is 2.21 bits per heavy atom. The number of imidazole rings is 1. The molecular weight excluding hydrogens is 260 g/mol. The van der Waals surface area contributed by atoms with Gasteiger partial charge in [-0.15, -0.1) is 0 Å². The predicted molar refractivity (Wildman–Crippen MR) is 79.5 cm³/mol. The lowest BCUT2D eigenvalue weighted by Gasteiger charge is -2.22. The number of hydrogen-bond donors (Lipinski definition) is 1. The van der Waals surface area contributed by atoms with Crippen molar-refractivity contribution in [3.8, 4) is 0 Å². The van der Waals surface area contributed by atoms with Crippen LogP contribution in [-0.4, -0.2) is 23.1 Å². The van der Waals surface area contributed by atoms with Gasteiger partial charge in [0.2, 0.25) is 0 Å². The summed E-state index contributed by atoms with van der Waals surface area (Å²) in [6, 6.07) is 5.93. The number of nitrogens with zero attached hydrogens (tertiary/aromatic N) is 3. The Balaban J connectivity index is 2.23. The summed E-state index contributed by atoms with van der Waals surface area (Å²) in [6.07, 6.45) is 4.58. The molecule has 0 fully saturated rings. The Hall–Kier alpha value is -1.52. The first kappa shape index (κ1) is 13.9. The monoisotopic (exact) mass is 278 g/mol. The van der Waals surface area contributed by atoms with Gasteiger partial charge in [0.05, 0.1) is 6.54 Å². The van der Waals surface area contributed by atoms with Crippen LogP contribution in [-0.2, 0) is 20.0 Å². The molecule has 1 aromatic carbocycles. The van der Waals surface area contributed by atoms with E-state index in [0.717, 1.165) is 29.5 Å². The van der Waals surface area contributed by atoms with Crippen molar-refractivity contribution < 1.29 is 0 Å². The SMILES string of the molecule is CN(Cc1nccn1C)c1ccc(Cl)cc1CCN. The molecule has 1 heterocycles. The van der Waals surface area contributed by atoms with Crippen LogP contribution in [0.1, 0.15) is 11.4 Å². The van der Waals surface area contributed by atoms with Gasteiger partial charge in [-0.05, 0) is 36.7 Å². The van der Waals surface area contributed by atoms with Gasteiger partial charge in [0, 0.05) is 37.2 Å². The summed E-state index contributed by atoms with van der Waals surface area (Å²) in [6.45, 7) is 1.37. The Morgan fingerprint density at radius 1 is 1.42 bits per heavy atom. The first-order valence-electron chi connectivity index (χ1n) is 6.27. The second kappa shape index (κ2) is 6.08. The third-order valence-electron chi connectivity index (χ3n) is 3.17. The molecule has 0 saturated carbocycles. The van der Waals surface area contributed by atoms with Gasteiger partial charge >= 0.3 is 0 Å². The molecule has 1 aromatic heterocycles. The summed E-state index contributed by atoms with van der Waals surface area (Å²) in [5.74, 6) is 1.02. The van der Waals surface area contributed by atoms with Crippen LogP contribution in [0.2, 0.25) is 5.02 Å². The van der Waals surface area contributed by atoms with Gasteiger partial charge in [-0.1, -0.05) is 11.6 Å². The molecule has 4 nitrogen and oxygen atoms in total. The predicted octanol–water partition coefficient (Wildman–Crippen LogP) is 2.21. The maximum Gasteiger partial charge on any atom is 0.127 e. The van der Waals surface area contributed by atoms with Crippen molar-refractivity contribution in [2.24, 2.45) is 12.8 Å². The topological polar surface area (TPSA) is 47.1 Å². The lowest BCUT2D eigenvalue weighted by molar-refractivity contribution is 0.758. The Kier molecular flexibility index (Phi) is 4.45. The largest absolute Gasteiger partial charge is 0.367 e. The summed E-state index contributed by atoms with van der Waals surface area (Å²) < 4.78 is 2.02. The minimum absolute atomic E-state index is 0.615. The molecule has 5 heteroatoms. The number of benzene rings is 1. The number of nitrogens with two attached hydrogens (primary N) is 1. The average molecular weight is 279 g/mol. The molecular formula is C14H19ClN4. The van der Waals surface area contributed by atoms with E-state index in [1.54, 1.807) is 0 Å². The van der Waals surface area contributed by atoms with Crippen molar-refractivity contribution in [1.82, 2.24) is 9.55 Å². The van der Waals surface area contributed by atoms with Crippen LogP contribution in [0.4, 0.5) is 5.69 Å². The lowest BCUT2D eigenvalue weighted by Crippen LogP contribution is -2.21. The summed E-state index contributed by atoms with van der Waals surface area (Å²) in [4.78, 5) is 6.52. The average Bonchev–Trinajstić information content (AvgIpc) is 2.75. The van der Waals surface area contributed by atoms with Crippen LogP contribution in [0.15, 0.2) is 30.6 Å². The summed E-state index contributed by atoms with van der Waals surface area (Å²) in [5, 5.41) is 0.748. The maximum absolute atomic E-state index is 6.05. The van der Waals surface area contributed by atoms with Crippen LogP contribution < -0.4 is 10.6 Å². The van der Waals surface area contributed by atoms with E-state index >= 15 is 0 Å². The third kappa shape index (κ3) is 3.28. The molecule has 0 unspecified atom stereocenters. The number of aryl methyl sites for hydroxylation is 1. The van der Waals surface area contributed by atoms with Crippen LogP contribution in [0.5, 0.6) is 0 Å². The molecule has 0 radical (unpaired) electrons. The number of anilines is 1. The fourth-order valence-electron chi connectivity index (χ4n) is 2.13. The van der Waals surface area contributed by atoms with E-state index in [4.69, 9.17) is 17.3 Å². The summed E-state index contributed by atoms with van der Waals surface area (Å²) in [5.41, 5.74) is 7.99. The molecule has 19 heavy (non-hydrogen) atoms. The van der Waals surface area contributed by atoms with Gasteiger partial charge in [0.1, 0.15) is 5.82 Å². The molecule has 0 spiro atoms. The van der Waals surface area contributed by atoms with E-state index in [1.807, 2.05) is 42.2 Å². The number of hydrogen-bond acceptors (Lipinski definition) is 3. The normalized spacial score (nSPS) is 10.7. The van der Waals surface area contributed by atoms with Crippen molar-refractivity contribution in [3.63, 3.8) is 0 Å². The fourth-order valence-corrected chi connectivity index (χ4v) is 2.32. The highest BCUT2D eigenvalue weighted by Gasteiger charge is 2.10. The molecule has 0 amide bonds. The first-order valence-corrected chi connectivity index (χ1v) is 6.65. The molecule has 2 N–H and O–H groups in total. The number of aromatic nitrogens is 2. The first-order chi connectivity index (χ1) is 9.11. The third-order valence-corrected chi connectivity index (χ3v) is 3.40. The summed E-state index contributed by atoms with van der Waals surface area (Å²) in [7, 11) is 4.05. The van der Waals surface area contributed by atoms with Crippen molar-refractivity contribution in [1.29, 1.82) is 0 Å². The van der Waals surface area contributed by atoms with E-state index < -0.39 is 0 Å². The number of rotatable bonds is 5. The van der Waals surface area contributed by atoms with Gasteiger partial charge < -0.3 is 15.2 Å². The molecule has 102 valence electrons. The zero-order valence-corrected chi connectivity index (χ0v) is 12.1. The highest BCUT2D eigenvalue weighted by atomic mass is 35.5. The molecule has 0 saturated heterocycles. The van der Waals surface area contributed by atoms with Crippen LogP contribution in [0, 0.1) is 0 Å². The van der Waals surface area contributed by atoms with Crippen molar-refractivity contribution in [2.75, 3.05) is 18.5 Å². The fraction of sp³-hybridized carbons (Fsp3) is 0.357. The molecule has 0 bridgehead atoms. The molecule has 2 rings (SSSR count). The molecule has 0 aliphatic heterocycles. The van der Waals surface area contributed by atoms with E-state index in [-0.39, 0.29) is 0 Å². The zero-order valence-electron chi connectivity index (χ0n) is 11.3. The van der Waals surface area contributed by atoms with Crippen molar-refractivity contribution in [2.45, 2.75) is 13.0 Å². The molecule has 2 aromatic rings. The van der Waals surface area contributed by atoms with Gasteiger partial charge in [-0.25, -0.2) is 4.98 Å². The van der Waals surface area contributed by atoms with E-state index in [1.165, 1.54) is 5.56 Å². The van der Waals surface area contributed by atoms with Gasteiger partial charge in [-0.2, -0.15) is 0 Å². The van der Waals surface area contributed by atoms with E-state index in [2.05, 4.69) is 16.9 Å². The van der Waals surface area contributed by atoms with Gasteiger partial charge in [0.15, 0.2) is 0 Å². The Bertz CT molecular complexity index is 550. The van der Waals surface area contributed by atoms with Crippen LogP contribution in [0.3, 0.4) is 0 Å². The Labute approximate surface area is 118 Å². The molecule has 0 aliphatic carbocycles. The van der Waals surface area contributed by atoms with Crippen molar-refractivity contribution >= 4 is 17.3 Å². The van der Waals surface area contributed by atoms with Crippen LogP contribution >= 0.6 is 11.6 Å². The number of halogens is 1. The standard InChI is InChI=1S/C14H19ClN4/c1-18-8-7-17-14(18)10-19(2)13-4-3-12(15)9-11(13)5-6-16/h3-4,7-9H,5-6,10,16H2,1-2H3. The zero-order chi connectivity index (χ0) is 13.8. The highest BCUT2D eigenvalue weighted by molar-refractivity contribution is 6.30. The van der Waals surface area contributed by atoms with Crippen LogP contribution in [0.25, 0.3) is 0 Å². The highest BCUT2D eigenvalue weighted by Crippen LogP contribution is 2.24. The van der Waals surface area contributed by atoms with Crippen molar-refractivity contribution in [3.05, 3.63) is 47.0 Å². The lowest BCUT2D eigenvalue weighted by atomic mass is 10.1. The van der Waals surface area contributed by atoms with E-state index in [9.17, 15) is 0 Å². The Morgan fingerprint density at radius 3 is 2.84 bits per heavy atom. The van der Waals surface area contributed by atoms with Gasteiger partial charge in [0.25, 0.3) is 0 Å². The minimum atomic E-state index is 0.615. The quantitative estimate of drug-likeness (QED) is 0.912. The maximum atomic E-state index is 6.05. The second-order valence-corrected chi connectivity index (χ2v) is 5.06. The van der Waals surface area contributed by atoms with Gasteiger partial charge in [-0.3, -0.25) is 0 Å². The second-order valence-electron chi connectivity index (χ2n) is 4.62. The smallest absolute Gasteiger partial charge is 0.127 e. The molecule has 0 aliphatic rings.